The van der Waals surface area contributed by atoms with Gasteiger partial charge >= 0.3 is 0 Å². The maximum absolute atomic E-state index is 11.2. The molecule has 0 aromatic carbocycles. The van der Waals surface area contributed by atoms with Gasteiger partial charge in [0.25, 0.3) is 0 Å². The summed E-state index contributed by atoms with van der Waals surface area (Å²) in [6.45, 7) is 0.589. The van der Waals surface area contributed by atoms with E-state index in [2.05, 4.69) is 42.2 Å². The molecule has 0 fully saturated rings. The van der Waals surface area contributed by atoms with E-state index in [1.807, 2.05) is 6.07 Å². The van der Waals surface area contributed by atoms with Crippen LogP contribution in [0, 0.1) is 0 Å². The van der Waals surface area contributed by atoms with Crippen LogP contribution in [0.15, 0.2) is 44.3 Å². The van der Waals surface area contributed by atoms with Gasteiger partial charge in [0, 0.05) is 34.5 Å². The quantitative estimate of drug-likeness (QED) is 0.900. The van der Waals surface area contributed by atoms with Gasteiger partial charge in [0.15, 0.2) is 0 Å². The molecule has 2 aromatic rings. The predicted molar refractivity (Wildman–Crippen MR) is 78.6 cm³/mol. The zero-order valence-corrected chi connectivity index (χ0v) is 12.8. The fourth-order valence-electron chi connectivity index (χ4n) is 1.46. The molecule has 4 nitrogen and oxygen atoms in total. The number of halogens is 2. The standard InChI is InChI=1S/C12H11Br2N3O/c1-17-7-9(2-3-12(17)18)15-6-11-10(14)4-8(13)5-16-11/h2-5,7,15H,6H2,1H3. The summed E-state index contributed by atoms with van der Waals surface area (Å²) in [5.74, 6) is 0. The third-order valence-corrected chi connectivity index (χ3v) is 3.55. The Kier molecular flexibility index (Phi) is 4.19. The number of anilines is 1. The van der Waals surface area contributed by atoms with Gasteiger partial charge in [-0.25, -0.2) is 0 Å². The van der Waals surface area contributed by atoms with Crippen LogP contribution >= 0.6 is 31.9 Å². The van der Waals surface area contributed by atoms with E-state index >= 15 is 0 Å². The smallest absolute Gasteiger partial charge is 0.250 e. The molecule has 94 valence electrons. The second kappa shape index (κ2) is 5.67. The van der Waals surface area contributed by atoms with E-state index in [9.17, 15) is 4.79 Å². The van der Waals surface area contributed by atoms with Gasteiger partial charge in [-0.2, -0.15) is 0 Å². The monoisotopic (exact) mass is 371 g/mol. The molecule has 6 heteroatoms. The molecule has 0 unspecified atom stereocenters. The maximum atomic E-state index is 11.2. The number of pyridine rings is 2. The predicted octanol–water partition coefficient (Wildman–Crippen LogP) is 2.92. The van der Waals surface area contributed by atoms with Crippen molar-refractivity contribution in [1.82, 2.24) is 9.55 Å². The Morgan fingerprint density at radius 3 is 2.83 bits per heavy atom. The largest absolute Gasteiger partial charge is 0.378 e. The number of rotatable bonds is 3. The normalized spacial score (nSPS) is 10.4. The first-order valence-electron chi connectivity index (χ1n) is 5.27. The molecule has 0 saturated heterocycles. The summed E-state index contributed by atoms with van der Waals surface area (Å²) >= 11 is 6.82. The fourth-order valence-corrected chi connectivity index (χ4v) is 2.58. The number of nitrogens with zero attached hydrogens (tertiary/aromatic N) is 2. The molecular formula is C12H11Br2N3O. The molecule has 2 heterocycles. The first-order valence-corrected chi connectivity index (χ1v) is 6.85. The lowest BCUT2D eigenvalue weighted by Crippen LogP contribution is -2.15. The molecule has 2 rings (SSSR count). The molecular weight excluding hydrogens is 362 g/mol. The summed E-state index contributed by atoms with van der Waals surface area (Å²) < 4.78 is 3.40. The lowest BCUT2D eigenvalue weighted by molar-refractivity contribution is 0.858. The Bertz CT molecular complexity index is 625. The average Bonchev–Trinajstić information content (AvgIpc) is 2.32. The summed E-state index contributed by atoms with van der Waals surface area (Å²) in [5.41, 5.74) is 1.77. The van der Waals surface area contributed by atoms with Crippen molar-refractivity contribution < 1.29 is 0 Å². The van der Waals surface area contributed by atoms with Crippen LogP contribution in [0.3, 0.4) is 0 Å². The van der Waals surface area contributed by atoms with Crippen LogP contribution in [0.4, 0.5) is 5.69 Å². The average molecular weight is 373 g/mol. The third kappa shape index (κ3) is 3.20. The summed E-state index contributed by atoms with van der Waals surface area (Å²) in [4.78, 5) is 15.6. The lowest BCUT2D eigenvalue weighted by atomic mass is 10.3. The molecule has 1 N–H and O–H groups in total. The highest BCUT2D eigenvalue weighted by atomic mass is 79.9. The minimum atomic E-state index is -0.0245. The highest BCUT2D eigenvalue weighted by Gasteiger charge is 2.02. The van der Waals surface area contributed by atoms with Crippen molar-refractivity contribution in [2.24, 2.45) is 7.05 Å². The summed E-state index contributed by atoms with van der Waals surface area (Å²) in [6, 6.07) is 5.24. The van der Waals surface area contributed by atoms with Crippen molar-refractivity contribution in [1.29, 1.82) is 0 Å². The van der Waals surface area contributed by atoms with Crippen molar-refractivity contribution >= 4 is 37.5 Å². The Morgan fingerprint density at radius 1 is 1.39 bits per heavy atom. The molecule has 2 aromatic heterocycles. The van der Waals surface area contributed by atoms with E-state index in [1.54, 1.807) is 25.5 Å². The first kappa shape index (κ1) is 13.3. The van der Waals surface area contributed by atoms with Crippen molar-refractivity contribution in [2.45, 2.75) is 6.54 Å². The zero-order valence-electron chi connectivity index (χ0n) is 9.65. The highest BCUT2D eigenvalue weighted by molar-refractivity contribution is 9.11. The molecule has 0 bridgehead atoms. The Labute approximate surface area is 121 Å². The van der Waals surface area contributed by atoms with Crippen LogP contribution in [-0.2, 0) is 13.6 Å². The zero-order chi connectivity index (χ0) is 13.1. The van der Waals surface area contributed by atoms with Gasteiger partial charge in [-0.05, 0) is 44.0 Å². The number of aromatic nitrogens is 2. The Hall–Kier alpha value is -1.14. The van der Waals surface area contributed by atoms with Gasteiger partial charge in [0.1, 0.15) is 0 Å². The summed E-state index contributed by atoms with van der Waals surface area (Å²) in [7, 11) is 1.72. The molecule has 0 radical (unpaired) electrons. The SMILES string of the molecule is Cn1cc(NCc2ncc(Br)cc2Br)ccc1=O. The van der Waals surface area contributed by atoms with Crippen molar-refractivity contribution in [3.8, 4) is 0 Å². The first-order chi connectivity index (χ1) is 8.56. The minimum absolute atomic E-state index is 0.0245. The van der Waals surface area contributed by atoms with Crippen LogP contribution in [0.2, 0.25) is 0 Å². The van der Waals surface area contributed by atoms with Gasteiger partial charge in [-0.1, -0.05) is 0 Å². The van der Waals surface area contributed by atoms with E-state index < -0.39 is 0 Å². The number of aryl methyl sites for hydroxylation is 1. The summed E-state index contributed by atoms with van der Waals surface area (Å²) in [6.07, 6.45) is 3.51. The van der Waals surface area contributed by atoms with Gasteiger partial charge in [-0.15, -0.1) is 0 Å². The number of hydrogen-bond acceptors (Lipinski definition) is 3. The van der Waals surface area contributed by atoms with E-state index in [0.29, 0.717) is 6.54 Å². The summed E-state index contributed by atoms with van der Waals surface area (Å²) in [5, 5.41) is 3.22. The van der Waals surface area contributed by atoms with Gasteiger partial charge in [0.05, 0.1) is 17.9 Å². The molecule has 18 heavy (non-hydrogen) atoms. The molecule has 0 aliphatic rings. The minimum Gasteiger partial charge on any atom is -0.378 e. The molecule has 0 aliphatic heterocycles. The van der Waals surface area contributed by atoms with Crippen LogP contribution in [0.25, 0.3) is 0 Å². The van der Waals surface area contributed by atoms with Crippen LogP contribution < -0.4 is 10.9 Å². The van der Waals surface area contributed by atoms with Crippen LogP contribution in [0.5, 0.6) is 0 Å². The van der Waals surface area contributed by atoms with E-state index in [4.69, 9.17) is 0 Å². The second-order valence-electron chi connectivity index (χ2n) is 3.80. The fraction of sp³-hybridized carbons (Fsp3) is 0.167. The van der Waals surface area contributed by atoms with E-state index in [0.717, 1.165) is 20.3 Å². The van der Waals surface area contributed by atoms with Crippen LogP contribution in [-0.4, -0.2) is 9.55 Å². The topological polar surface area (TPSA) is 46.9 Å². The number of hydrogen-bond donors (Lipinski definition) is 1. The van der Waals surface area contributed by atoms with Crippen molar-refractivity contribution in [2.75, 3.05) is 5.32 Å². The lowest BCUT2D eigenvalue weighted by Gasteiger charge is -2.08. The maximum Gasteiger partial charge on any atom is 0.250 e. The van der Waals surface area contributed by atoms with Gasteiger partial charge in [0.2, 0.25) is 5.56 Å². The highest BCUT2D eigenvalue weighted by Crippen LogP contribution is 2.20. The van der Waals surface area contributed by atoms with E-state index in [-0.39, 0.29) is 5.56 Å². The van der Waals surface area contributed by atoms with Gasteiger partial charge < -0.3 is 9.88 Å². The Morgan fingerprint density at radius 2 is 2.17 bits per heavy atom. The van der Waals surface area contributed by atoms with E-state index in [1.165, 1.54) is 10.6 Å². The molecule has 0 amide bonds. The Balaban J connectivity index is 2.11. The number of nitrogens with one attached hydrogen (secondary N) is 1. The third-order valence-electron chi connectivity index (χ3n) is 2.43. The molecule has 0 spiro atoms. The molecule has 0 saturated carbocycles. The van der Waals surface area contributed by atoms with Crippen LogP contribution in [0.1, 0.15) is 5.69 Å². The van der Waals surface area contributed by atoms with Crippen molar-refractivity contribution in [3.63, 3.8) is 0 Å². The van der Waals surface area contributed by atoms with Crippen molar-refractivity contribution in [3.05, 3.63) is 55.6 Å². The van der Waals surface area contributed by atoms with Gasteiger partial charge in [-0.3, -0.25) is 9.78 Å². The second-order valence-corrected chi connectivity index (χ2v) is 5.57. The molecule has 0 atom stereocenters. The molecule has 0 aliphatic carbocycles.